The summed E-state index contributed by atoms with van der Waals surface area (Å²) >= 11 is 5.85. The van der Waals surface area contributed by atoms with Gasteiger partial charge in [-0.05, 0) is 35.9 Å². The van der Waals surface area contributed by atoms with Gasteiger partial charge in [-0.3, -0.25) is 20.3 Å². The Morgan fingerprint density at radius 1 is 1.00 bits per heavy atom. The molecule has 148 valence electrons. The van der Waals surface area contributed by atoms with Crippen molar-refractivity contribution in [3.05, 3.63) is 93.5 Å². The van der Waals surface area contributed by atoms with Crippen LogP contribution in [-0.2, 0) is 10.0 Å². The van der Waals surface area contributed by atoms with Crippen LogP contribution in [0.5, 0.6) is 0 Å². The molecular weight excluding hydrogens is 416 g/mol. The highest BCUT2D eigenvalue weighted by Gasteiger charge is 2.21. The monoisotopic (exact) mass is 430 g/mol. The van der Waals surface area contributed by atoms with E-state index in [0.29, 0.717) is 5.02 Å². The van der Waals surface area contributed by atoms with Crippen molar-refractivity contribution < 1.29 is 13.3 Å². The number of benzene rings is 3. The SMILES string of the molecule is O=[N+]([O-])c1cc(S(=O)(=O)Nc2cccc(Cl)c2)ccc1NN=Cc1ccccc1. The first-order valence-corrected chi connectivity index (χ1v) is 10.1. The summed E-state index contributed by atoms with van der Waals surface area (Å²) in [7, 11) is -4.05. The molecule has 0 spiro atoms. The molecule has 0 unspecified atom stereocenters. The summed E-state index contributed by atoms with van der Waals surface area (Å²) in [5.74, 6) is 0. The lowest BCUT2D eigenvalue weighted by Crippen LogP contribution is -2.13. The molecule has 0 heterocycles. The third-order valence-electron chi connectivity index (χ3n) is 3.75. The number of rotatable bonds is 7. The Labute approximate surface area is 172 Å². The van der Waals surface area contributed by atoms with Gasteiger partial charge in [0.15, 0.2) is 0 Å². The number of hydrogen-bond acceptors (Lipinski definition) is 6. The van der Waals surface area contributed by atoms with Gasteiger partial charge in [-0.25, -0.2) is 8.42 Å². The standard InChI is InChI=1S/C19H15ClN4O4S/c20-15-7-4-8-16(11-15)23-29(27,28)17-9-10-18(19(12-17)24(25)26)22-21-13-14-5-2-1-3-6-14/h1-13,22-23H. The molecule has 0 aliphatic rings. The maximum Gasteiger partial charge on any atom is 0.295 e. The smallest absolute Gasteiger partial charge is 0.280 e. The topological polar surface area (TPSA) is 114 Å². The predicted octanol–water partition coefficient (Wildman–Crippen LogP) is 4.50. The van der Waals surface area contributed by atoms with Crippen LogP contribution in [0.2, 0.25) is 5.02 Å². The fourth-order valence-electron chi connectivity index (χ4n) is 2.41. The highest BCUT2D eigenvalue weighted by Crippen LogP contribution is 2.29. The van der Waals surface area contributed by atoms with E-state index in [4.69, 9.17) is 11.6 Å². The normalized spacial score (nSPS) is 11.3. The third kappa shape index (κ3) is 5.31. The molecule has 8 nitrogen and oxygen atoms in total. The molecule has 0 atom stereocenters. The average Bonchev–Trinajstić information content (AvgIpc) is 2.68. The molecule has 3 aromatic rings. The van der Waals surface area contributed by atoms with Crippen LogP contribution >= 0.6 is 11.6 Å². The lowest BCUT2D eigenvalue weighted by Gasteiger charge is -2.09. The molecule has 10 heteroatoms. The summed E-state index contributed by atoms with van der Waals surface area (Å²) in [5.41, 5.74) is 3.25. The largest absolute Gasteiger partial charge is 0.295 e. The zero-order valence-corrected chi connectivity index (χ0v) is 16.4. The van der Waals surface area contributed by atoms with Crippen LogP contribution < -0.4 is 10.1 Å². The Morgan fingerprint density at radius 3 is 2.45 bits per heavy atom. The molecule has 2 N–H and O–H groups in total. The predicted molar refractivity (Wildman–Crippen MR) is 113 cm³/mol. The fourth-order valence-corrected chi connectivity index (χ4v) is 3.67. The number of nitro benzene ring substituents is 1. The molecule has 0 saturated heterocycles. The van der Waals surface area contributed by atoms with Crippen LogP contribution in [0.1, 0.15) is 5.56 Å². The Hall–Kier alpha value is -3.43. The molecule has 29 heavy (non-hydrogen) atoms. The lowest BCUT2D eigenvalue weighted by molar-refractivity contribution is -0.384. The van der Waals surface area contributed by atoms with E-state index >= 15 is 0 Å². The molecule has 0 aliphatic heterocycles. The van der Waals surface area contributed by atoms with Crippen molar-refractivity contribution in [1.29, 1.82) is 0 Å². The Balaban J connectivity index is 1.85. The number of nitrogens with one attached hydrogen (secondary N) is 2. The van der Waals surface area contributed by atoms with Crippen molar-refractivity contribution in [3.63, 3.8) is 0 Å². The molecule has 0 fully saturated rings. The molecule has 0 aromatic heterocycles. The molecule has 0 bridgehead atoms. The molecule has 0 aliphatic carbocycles. The van der Waals surface area contributed by atoms with E-state index in [0.717, 1.165) is 11.6 Å². The highest BCUT2D eigenvalue weighted by atomic mass is 35.5. The van der Waals surface area contributed by atoms with Gasteiger partial charge in [0.25, 0.3) is 15.7 Å². The summed E-state index contributed by atoms with van der Waals surface area (Å²) in [5, 5.41) is 15.7. The number of halogens is 1. The summed E-state index contributed by atoms with van der Waals surface area (Å²) < 4.78 is 27.5. The van der Waals surface area contributed by atoms with E-state index in [2.05, 4.69) is 15.2 Å². The van der Waals surface area contributed by atoms with Gasteiger partial charge in [0.1, 0.15) is 5.69 Å². The Kier molecular flexibility index (Phi) is 6.10. The van der Waals surface area contributed by atoms with Gasteiger partial charge in [-0.15, -0.1) is 0 Å². The second kappa shape index (κ2) is 8.72. The van der Waals surface area contributed by atoms with Gasteiger partial charge in [0.05, 0.1) is 21.7 Å². The number of nitro groups is 1. The number of hydrazone groups is 1. The summed E-state index contributed by atoms with van der Waals surface area (Å²) in [6.45, 7) is 0. The van der Waals surface area contributed by atoms with Gasteiger partial charge < -0.3 is 0 Å². The van der Waals surface area contributed by atoms with Gasteiger partial charge in [0, 0.05) is 11.1 Å². The van der Waals surface area contributed by atoms with E-state index in [-0.39, 0.29) is 16.3 Å². The average molecular weight is 431 g/mol. The third-order valence-corrected chi connectivity index (χ3v) is 5.37. The van der Waals surface area contributed by atoms with Crippen molar-refractivity contribution in [3.8, 4) is 0 Å². The first-order valence-electron chi connectivity index (χ1n) is 8.26. The van der Waals surface area contributed by atoms with Crippen LogP contribution in [0.3, 0.4) is 0 Å². The van der Waals surface area contributed by atoms with E-state index < -0.39 is 20.6 Å². The van der Waals surface area contributed by atoms with Crippen LogP contribution in [0, 0.1) is 10.1 Å². The van der Waals surface area contributed by atoms with Gasteiger partial charge in [-0.2, -0.15) is 5.10 Å². The minimum absolute atomic E-state index is 0.0592. The molecule has 3 aromatic carbocycles. The summed E-state index contributed by atoms with van der Waals surface area (Å²) in [6, 6.07) is 18.8. The molecule has 0 saturated carbocycles. The van der Waals surface area contributed by atoms with Crippen LogP contribution in [-0.4, -0.2) is 19.6 Å². The van der Waals surface area contributed by atoms with E-state index in [9.17, 15) is 18.5 Å². The lowest BCUT2D eigenvalue weighted by atomic mass is 10.2. The zero-order valence-electron chi connectivity index (χ0n) is 14.8. The van der Waals surface area contributed by atoms with Gasteiger partial charge in [-0.1, -0.05) is 48.0 Å². The summed E-state index contributed by atoms with van der Waals surface area (Å²) in [4.78, 5) is 10.5. The fraction of sp³-hybridized carbons (Fsp3) is 0. The number of nitrogens with zero attached hydrogens (tertiary/aromatic N) is 2. The molecule has 0 radical (unpaired) electrons. The van der Waals surface area contributed by atoms with Crippen molar-refractivity contribution in [2.75, 3.05) is 10.1 Å². The maximum absolute atomic E-state index is 12.6. The van der Waals surface area contributed by atoms with Crippen molar-refractivity contribution in [2.24, 2.45) is 5.10 Å². The van der Waals surface area contributed by atoms with Crippen molar-refractivity contribution >= 4 is 44.9 Å². The van der Waals surface area contributed by atoms with Gasteiger partial charge in [0.2, 0.25) is 0 Å². The second-order valence-corrected chi connectivity index (χ2v) is 7.95. The van der Waals surface area contributed by atoms with Crippen LogP contribution in [0.4, 0.5) is 17.1 Å². The van der Waals surface area contributed by atoms with Crippen LogP contribution in [0.25, 0.3) is 0 Å². The number of anilines is 2. The molecule has 0 amide bonds. The first-order chi connectivity index (χ1) is 13.8. The first kappa shape index (κ1) is 20.3. The molecule has 3 rings (SSSR count). The Morgan fingerprint density at radius 2 is 1.76 bits per heavy atom. The van der Waals surface area contributed by atoms with Gasteiger partial charge >= 0.3 is 0 Å². The van der Waals surface area contributed by atoms with Crippen LogP contribution in [0.15, 0.2) is 82.8 Å². The second-order valence-electron chi connectivity index (χ2n) is 5.83. The highest BCUT2D eigenvalue weighted by molar-refractivity contribution is 7.92. The number of hydrogen-bond donors (Lipinski definition) is 2. The summed E-state index contributed by atoms with van der Waals surface area (Å²) in [6.07, 6.45) is 1.50. The van der Waals surface area contributed by atoms with E-state index in [1.165, 1.54) is 30.5 Å². The van der Waals surface area contributed by atoms with E-state index in [1.54, 1.807) is 12.1 Å². The minimum Gasteiger partial charge on any atom is -0.280 e. The maximum atomic E-state index is 12.6. The number of sulfonamides is 1. The molecular formula is C19H15ClN4O4S. The zero-order chi connectivity index (χ0) is 20.9. The van der Waals surface area contributed by atoms with Crippen molar-refractivity contribution in [2.45, 2.75) is 4.90 Å². The van der Waals surface area contributed by atoms with Crippen molar-refractivity contribution in [1.82, 2.24) is 0 Å². The quantitative estimate of drug-likeness (QED) is 0.325. The van der Waals surface area contributed by atoms with E-state index in [1.807, 2.05) is 30.3 Å². The minimum atomic E-state index is -4.05. The Bertz CT molecular complexity index is 1170.